The van der Waals surface area contributed by atoms with E-state index in [1.807, 2.05) is 12.1 Å². The Balaban J connectivity index is 1.90. The van der Waals surface area contributed by atoms with Gasteiger partial charge in [-0.25, -0.2) is 0 Å². The molecule has 0 saturated heterocycles. The molecular formula is C16H22N2O. The summed E-state index contributed by atoms with van der Waals surface area (Å²) in [4.78, 5) is 0. The van der Waals surface area contributed by atoms with Gasteiger partial charge in [-0.2, -0.15) is 0 Å². The number of aromatic nitrogens is 1. The monoisotopic (exact) mass is 258 g/mol. The summed E-state index contributed by atoms with van der Waals surface area (Å²) in [6.45, 7) is 4.32. The molecule has 3 heteroatoms. The summed E-state index contributed by atoms with van der Waals surface area (Å²) in [6.07, 6.45) is 2.79. The normalized spacial score (nSPS) is 12.8. The lowest BCUT2D eigenvalue weighted by molar-refractivity contribution is 0.338. The maximum absolute atomic E-state index is 6.08. The molecule has 2 N–H and O–H groups in total. The van der Waals surface area contributed by atoms with Crippen molar-refractivity contribution in [2.45, 2.75) is 39.2 Å². The molecule has 0 bridgehead atoms. The van der Waals surface area contributed by atoms with E-state index in [9.17, 15) is 0 Å². The highest BCUT2D eigenvalue weighted by Gasteiger charge is 2.14. The molecule has 0 fully saturated rings. The first-order chi connectivity index (χ1) is 9.15. The largest absolute Gasteiger partial charge is 0.359 e. The minimum Gasteiger partial charge on any atom is -0.359 e. The van der Waals surface area contributed by atoms with Gasteiger partial charge >= 0.3 is 0 Å². The van der Waals surface area contributed by atoms with Gasteiger partial charge in [-0.1, -0.05) is 49.3 Å². The topological polar surface area (TPSA) is 52.0 Å². The van der Waals surface area contributed by atoms with Gasteiger partial charge in [0, 0.05) is 6.07 Å². The lowest BCUT2D eigenvalue weighted by atomic mass is 10.0. The van der Waals surface area contributed by atoms with E-state index in [0.29, 0.717) is 5.92 Å². The summed E-state index contributed by atoms with van der Waals surface area (Å²) in [5.41, 5.74) is 8.39. The zero-order chi connectivity index (χ0) is 13.7. The first-order valence-corrected chi connectivity index (χ1v) is 6.90. The van der Waals surface area contributed by atoms with E-state index in [4.69, 9.17) is 10.3 Å². The molecule has 0 spiro atoms. The predicted octanol–water partition coefficient (Wildman–Crippen LogP) is 3.51. The minimum atomic E-state index is -0.0435. The van der Waals surface area contributed by atoms with Crippen molar-refractivity contribution in [2.75, 3.05) is 0 Å². The van der Waals surface area contributed by atoms with E-state index >= 15 is 0 Å². The van der Waals surface area contributed by atoms with Gasteiger partial charge in [-0.05, 0) is 30.7 Å². The maximum atomic E-state index is 6.08. The summed E-state index contributed by atoms with van der Waals surface area (Å²) in [7, 11) is 0. The zero-order valence-electron chi connectivity index (χ0n) is 11.7. The maximum Gasteiger partial charge on any atom is 0.153 e. The Morgan fingerprint density at radius 2 is 1.89 bits per heavy atom. The fraction of sp³-hybridized carbons (Fsp3) is 0.438. The second kappa shape index (κ2) is 6.53. The Labute approximate surface area is 114 Å². The number of benzene rings is 1. The van der Waals surface area contributed by atoms with E-state index in [2.05, 4.69) is 43.3 Å². The number of hydrogen-bond acceptors (Lipinski definition) is 3. The van der Waals surface area contributed by atoms with Crippen LogP contribution in [0.25, 0.3) is 0 Å². The molecule has 1 aromatic carbocycles. The molecule has 0 aliphatic rings. The molecule has 0 unspecified atom stereocenters. The SMILES string of the molecule is CC(C)C[C@H](N)c1cc(CCc2ccccc2)no1. The van der Waals surface area contributed by atoms with Crippen LogP contribution >= 0.6 is 0 Å². The Bertz CT molecular complexity index is 490. The molecule has 19 heavy (non-hydrogen) atoms. The summed E-state index contributed by atoms with van der Waals surface area (Å²) in [6, 6.07) is 12.4. The molecule has 102 valence electrons. The predicted molar refractivity (Wildman–Crippen MR) is 76.7 cm³/mol. The van der Waals surface area contributed by atoms with Gasteiger partial charge in [0.15, 0.2) is 5.76 Å². The number of nitrogens with zero attached hydrogens (tertiary/aromatic N) is 1. The van der Waals surface area contributed by atoms with E-state index in [1.54, 1.807) is 0 Å². The van der Waals surface area contributed by atoms with Crippen LogP contribution in [0.2, 0.25) is 0 Å². The first-order valence-electron chi connectivity index (χ1n) is 6.90. The van der Waals surface area contributed by atoms with Crippen LogP contribution in [-0.4, -0.2) is 5.16 Å². The van der Waals surface area contributed by atoms with E-state index in [1.165, 1.54) is 5.56 Å². The molecule has 0 amide bonds. The van der Waals surface area contributed by atoms with Gasteiger partial charge < -0.3 is 10.3 Å². The highest BCUT2D eigenvalue weighted by molar-refractivity contribution is 5.17. The molecule has 2 rings (SSSR count). The van der Waals surface area contributed by atoms with Crippen molar-refractivity contribution in [2.24, 2.45) is 11.7 Å². The van der Waals surface area contributed by atoms with Crippen LogP contribution in [0.15, 0.2) is 40.9 Å². The van der Waals surface area contributed by atoms with Crippen LogP contribution in [0.4, 0.5) is 0 Å². The van der Waals surface area contributed by atoms with Crippen LogP contribution in [0, 0.1) is 5.92 Å². The van der Waals surface area contributed by atoms with Crippen LogP contribution in [-0.2, 0) is 12.8 Å². The molecule has 1 aromatic heterocycles. The average molecular weight is 258 g/mol. The summed E-state index contributed by atoms with van der Waals surface area (Å²) < 4.78 is 5.34. The van der Waals surface area contributed by atoms with Crippen molar-refractivity contribution in [1.82, 2.24) is 5.16 Å². The molecular weight excluding hydrogens is 236 g/mol. The average Bonchev–Trinajstić information content (AvgIpc) is 2.86. The fourth-order valence-corrected chi connectivity index (χ4v) is 2.16. The third-order valence-corrected chi connectivity index (χ3v) is 3.18. The number of nitrogens with two attached hydrogens (primary N) is 1. The Kier molecular flexibility index (Phi) is 4.74. The van der Waals surface area contributed by atoms with Crippen molar-refractivity contribution in [1.29, 1.82) is 0 Å². The minimum absolute atomic E-state index is 0.0435. The van der Waals surface area contributed by atoms with Gasteiger partial charge in [-0.3, -0.25) is 0 Å². The van der Waals surface area contributed by atoms with Crippen LogP contribution < -0.4 is 5.73 Å². The van der Waals surface area contributed by atoms with Crippen molar-refractivity contribution < 1.29 is 4.52 Å². The number of rotatable bonds is 6. The lowest BCUT2D eigenvalue weighted by Gasteiger charge is -2.09. The summed E-state index contributed by atoms with van der Waals surface area (Å²) >= 11 is 0. The molecule has 0 radical (unpaired) electrons. The third kappa shape index (κ3) is 4.21. The van der Waals surface area contributed by atoms with E-state index in [-0.39, 0.29) is 6.04 Å². The van der Waals surface area contributed by atoms with Gasteiger partial charge in [-0.15, -0.1) is 0 Å². The number of hydrogen-bond donors (Lipinski definition) is 1. The van der Waals surface area contributed by atoms with Gasteiger partial charge in [0.2, 0.25) is 0 Å². The smallest absolute Gasteiger partial charge is 0.153 e. The highest BCUT2D eigenvalue weighted by Crippen LogP contribution is 2.20. The van der Waals surface area contributed by atoms with Crippen molar-refractivity contribution in [3.05, 3.63) is 53.4 Å². The number of aryl methyl sites for hydroxylation is 2. The van der Waals surface area contributed by atoms with Crippen LogP contribution in [0.3, 0.4) is 0 Å². The zero-order valence-corrected chi connectivity index (χ0v) is 11.7. The quantitative estimate of drug-likeness (QED) is 0.862. The van der Waals surface area contributed by atoms with Gasteiger partial charge in [0.05, 0.1) is 11.7 Å². The molecule has 2 aromatic rings. The molecule has 3 nitrogen and oxygen atoms in total. The Hall–Kier alpha value is -1.61. The lowest BCUT2D eigenvalue weighted by Crippen LogP contribution is -2.11. The van der Waals surface area contributed by atoms with E-state index in [0.717, 1.165) is 30.7 Å². The summed E-state index contributed by atoms with van der Waals surface area (Å²) in [5.74, 6) is 1.37. The Morgan fingerprint density at radius 3 is 2.58 bits per heavy atom. The van der Waals surface area contributed by atoms with Crippen LogP contribution in [0.5, 0.6) is 0 Å². The van der Waals surface area contributed by atoms with Crippen molar-refractivity contribution >= 4 is 0 Å². The second-order valence-corrected chi connectivity index (χ2v) is 5.44. The first kappa shape index (κ1) is 13.8. The van der Waals surface area contributed by atoms with Crippen molar-refractivity contribution in [3.63, 3.8) is 0 Å². The fourth-order valence-electron chi connectivity index (χ4n) is 2.16. The second-order valence-electron chi connectivity index (χ2n) is 5.44. The van der Waals surface area contributed by atoms with E-state index < -0.39 is 0 Å². The van der Waals surface area contributed by atoms with Gasteiger partial charge in [0.25, 0.3) is 0 Å². The molecule has 1 heterocycles. The highest BCUT2D eigenvalue weighted by atomic mass is 16.5. The van der Waals surface area contributed by atoms with Crippen LogP contribution in [0.1, 0.15) is 43.3 Å². The third-order valence-electron chi connectivity index (χ3n) is 3.18. The van der Waals surface area contributed by atoms with Gasteiger partial charge in [0.1, 0.15) is 0 Å². The summed E-state index contributed by atoms with van der Waals surface area (Å²) in [5, 5.41) is 4.10. The molecule has 0 aliphatic carbocycles. The molecule has 0 saturated carbocycles. The standard InChI is InChI=1S/C16H22N2O/c1-12(2)10-15(17)16-11-14(18-19-16)9-8-13-6-4-3-5-7-13/h3-7,11-12,15H,8-10,17H2,1-2H3/t15-/m0/s1. The molecule has 0 aliphatic heterocycles. The molecule has 1 atom stereocenters. The van der Waals surface area contributed by atoms with Crippen molar-refractivity contribution in [3.8, 4) is 0 Å². The Morgan fingerprint density at radius 1 is 1.16 bits per heavy atom.